The third-order valence-corrected chi connectivity index (χ3v) is 3.97. The third-order valence-electron chi connectivity index (χ3n) is 3.48. The molecule has 0 aliphatic carbocycles. The molecule has 0 unspecified atom stereocenters. The molecule has 0 spiro atoms. The lowest BCUT2D eigenvalue weighted by Crippen LogP contribution is -2.06. The fourth-order valence-electron chi connectivity index (χ4n) is 2.36. The second-order valence-electron chi connectivity index (χ2n) is 5.09. The topological polar surface area (TPSA) is 61.0 Å². The fraction of sp³-hybridized carbons (Fsp3) is 0.133. The van der Waals surface area contributed by atoms with Gasteiger partial charge in [-0.3, -0.25) is 0 Å². The SMILES string of the molecule is O=[N+]([O-])c1nn(Cc2ccc(C(F)(F)F)cc2)c2ccc(Br)cc12. The van der Waals surface area contributed by atoms with Crippen molar-refractivity contribution in [3.63, 3.8) is 0 Å². The van der Waals surface area contributed by atoms with Crippen molar-refractivity contribution in [2.75, 3.05) is 0 Å². The summed E-state index contributed by atoms with van der Waals surface area (Å²) in [7, 11) is 0. The first-order chi connectivity index (χ1) is 11.3. The van der Waals surface area contributed by atoms with Crippen molar-refractivity contribution >= 4 is 32.7 Å². The van der Waals surface area contributed by atoms with Crippen LogP contribution in [0.1, 0.15) is 11.1 Å². The van der Waals surface area contributed by atoms with E-state index >= 15 is 0 Å². The minimum absolute atomic E-state index is 0.129. The van der Waals surface area contributed by atoms with Crippen LogP contribution in [0.2, 0.25) is 0 Å². The maximum atomic E-state index is 12.6. The van der Waals surface area contributed by atoms with Gasteiger partial charge in [-0.15, -0.1) is 0 Å². The number of halogens is 4. The summed E-state index contributed by atoms with van der Waals surface area (Å²) in [5, 5.41) is 15.5. The summed E-state index contributed by atoms with van der Waals surface area (Å²) < 4.78 is 39.8. The number of rotatable bonds is 3. The maximum absolute atomic E-state index is 12.6. The molecular weight excluding hydrogens is 391 g/mol. The first-order valence-corrected chi connectivity index (χ1v) is 7.51. The van der Waals surface area contributed by atoms with Crippen molar-refractivity contribution in [1.82, 2.24) is 9.78 Å². The van der Waals surface area contributed by atoms with E-state index < -0.39 is 16.7 Å². The average Bonchev–Trinajstić information content (AvgIpc) is 2.85. The highest BCUT2D eigenvalue weighted by molar-refractivity contribution is 9.10. The number of benzene rings is 2. The lowest BCUT2D eigenvalue weighted by Gasteiger charge is -2.07. The van der Waals surface area contributed by atoms with Crippen LogP contribution in [0, 0.1) is 10.1 Å². The third kappa shape index (κ3) is 3.12. The summed E-state index contributed by atoms with van der Waals surface area (Å²) in [6.07, 6.45) is -4.40. The van der Waals surface area contributed by atoms with E-state index in [9.17, 15) is 23.3 Å². The van der Waals surface area contributed by atoms with E-state index in [0.717, 1.165) is 12.1 Å². The highest BCUT2D eigenvalue weighted by Gasteiger charge is 2.30. The van der Waals surface area contributed by atoms with Crippen molar-refractivity contribution in [3.8, 4) is 0 Å². The second kappa shape index (κ2) is 5.90. The van der Waals surface area contributed by atoms with Gasteiger partial charge in [-0.05, 0) is 40.8 Å². The van der Waals surface area contributed by atoms with Gasteiger partial charge in [0.2, 0.25) is 0 Å². The number of hydrogen-bond donors (Lipinski definition) is 0. The van der Waals surface area contributed by atoms with Crippen LogP contribution in [0.4, 0.5) is 19.0 Å². The van der Waals surface area contributed by atoms with Crippen LogP contribution in [-0.4, -0.2) is 14.7 Å². The van der Waals surface area contributed by atoms with Crippen LogP contribution < -0.4 is 0 Å². The summed E-state index contributed by atoms with van der Waals surface area (Å²) in [6, 6.07) is 9.60. The Morgan fingerprint density at radius 1 is 1.17 bits per heavy atom. The molecule has 0 bridgehead atoms. The molecule has 0 saturated heterocycles. The minimum atomic E-state index is -4.40. The Hall–Kier alpha value is -2.42. The van der Waals surface area contributed by atoms with E-state index in [-0.39, 0.29) is 12.4 Å². The second-order valence-corrected chi connectivity index (χ2v) is 6.01. The zero-order valence-electron chi connectivity index (χ0n) is 11.9. The van der Waals surface area contributed by atoms with E-state index in [4.69, 9.17) is 0 Å². The fourth-order valence-corrected chi connectivity index (χ4v) is 2.72. The lowest BCUT2D eigenvalue weighted by molar-refractivity contribution is -0.388. The summed E-state index contributed by atoms with van der Waals surface area (Å²) in [5.41, 5.74) is 0.349. The van der Waals surface area contributed by atoms with Crippen LogP contribution in [0.5, 0.6) is 0 Å². The molecule has 5 nitrogen and oxygen atoms in total. The van der Waals surface area contributed by atoms with Gasteiger partial charge in [0.1, 0.15) is 5.39 Å². The first kappa shape index (κ1) is 16.4. The Kier molecular flexibility index (Phi) is 4.04. The van der Waals surface area contributed by atoms with Crippen LogP contribution in [0.3, 0.4) is 0 Å². The van der Waals surface area contributed by atoms with Gasteiger partial charge in [0, 0.05) is 4.47 Å². The molecule has 0 amide bonds. The van der Waals surface area contributed by atoms with Crippen molar-refractivity contribution < 1.29 is 18.1 Å². The molecule has 0 saturated carbocycles. The summed E-state index contributed by atoms with van der Waals surface area (Å²) in [4.78, 5) is 10.6. The Morgan fingerprint density at radius 3 is 2.42 bits per heavy atom. The maximum Gasteiger partial charge on any atom is 0.416 e. The molecule has 1 aromatic heterocycles. The summed E-state index contributed by atoms with van der Waals surface area (Å²) in [6.45, 7) is 0.129. The van der Waals surface area contributed by atoms with E-state index in [2.05, 4.69) is 21.0 Å². The smallest absolute Gasteiger partial charge is 0.358 e. The quantitative estimate of drug-likeness (QED) is 0.470. The van der Waals surface area contributed by atoms with E-state index in [1.807, 2.05) is 0 Å². The van der Waals surface area contributed by atoms with Gasteiger partial charge in [0.15, 0.2) is 0 Å². The van der Waals surface area contributed by atoms with Crippen molar-refractivity contribution in [2.24, 2.45) is 0 Å². The predicted octanol–water partition coefficient (Wildman–Crippen LogP) is 4.77. The van der Waals surface area contributed by atoms with E-state index in [1.165, 1.54) is 16.8 Å². The molecule has 9 heteroatoms. The molecule has 24 heavy (non-hydrogen) atoms. The Labute approximate surface area is 142 Å². The van der Waals surface area contributed by atoms with Gasteiger partial charge in [0.25, 0.3) is 0 Å². The molecule has 0 fully saturated rings. The van der Waals surface area contributed by atoms with Gasteiger partial charge in [-0.2, -0.15) is 17.9 Å². The summed E-state index contributed by atoms with van der Waals surface area (Å²) >= 11 is 3.25. The zero-order valence-corrected chi connectivity index (χ0v) is 13.5. The molecule has 3 aromatic rings. The molecule has 124 valence electrons. The Balaban J connectivity index is 2.00. The number of hydrogen-bond acceptors (Lipinski definition) is 3. The Bertz CT molecular complexity index is 920. The monoisotopic (exact) mass is 399 g/mol. The molecule has 0 aliphatic heterocycles. The Morgan fingerprint density at radius 2 is 1.83 bits per heavy atom. The number of nitro groups is 1. The highest BCUT2D eigenvalue weighted by Crippen LogP contribution is 2.30. The molecule has 0 atom stereocenters. The van der Waals surface area contributed by atoms with Gasteiger partial charge in [-0.25, -0.2) is 0 Å². The minimum Gasteiger partial charge on any atom is -0.358 e. The highest BCUT2D eigenvalue weighted by atomic mass is 79.9. The van der Waals surface area contributed by atoms with Crippen molar-refractivity contribution in [1.29, 1.82) is 0 Å². The number of alkyl halides is 3. The average molecular weight is 400 g/mol. The molecule has 1 heterocycles. The molecule has 0 radical (unpaired) electrons. The number of aromatic nitrogens is 2. The van der Waals surface area contributed by atoms with Crippen molar-refractivity contribution in [2.45, 2.75) is 12.7 Å². The van der Waals surface area contributed by atoms with Crippen LogP contribution in [-0.2, 0) is 12.7 Å². The van der Waals surface area contributed by atoms with Crippen LogP contribution in [0.25, 0.3) is 10.9 Å². The predicted molar refractivity (Wildman–Crippen MR) is 84.6 cm³/mol. The van der Waals surface area contributed by atoms with Gasteiger partial charge >= 0.3 is 12.0 Å². The van der Waals surface area contributed by atoms with Gasteiger partial charge in [0.05, 0.1) is 22.7 Å². The first-order valence-electron chi connectivity index (χ1n) is 6.72. The standard InChI is InChI=1S/C15H9BrF3N3O2/c16-11-5-6-13-12(7-11)14(22(23)24)20-21(13)8-9-1-3-10(4-2-9)15(17,18)19/h1-7H,8H2. The van der Waals surface area contributed by atoms with Crippen molar-refractivity contribution in [3.05, 3.63) is 68.2 Å². The van der Waals surface area contributed by atoms with E-state index in [1.54, 1.807) is 18.2 Å². The molecule has 0 N–H and O–H groups in total. The van der Waals surface area contributed by atoms with Crippen LogP contribution in [0.15, 0.2) is 46.9 Å². The molecule has 0 aliphatic rings. The van der Waals surface area contributed by atoms with E-state index in [0.29, 0.717) is 20.9 Å². The van der Waals surface area contributed by atoms with Gasteiger partial charge in [-0.1, -0.05) is 28.1 Å². The summed E-state index contributed by atoms with van der Waals surface area (Å²) in [5.74, 6) is -0.293. The largest absolute Gasteiger partial charge is 0.416 e. The number of nitrogens with zero attached hydrogens (tertiary/aromatic N) is 3. The normalized spacial score (nSPS) is 11.8. The number of fused-ring (bicyclic) bond motifs is 1. The zero-order chi connectivity index (χ0) is 17.5. The molecule has 3 rings (SSSR count). The van der Waals surface area contributed by atoms with Crippen LogP contribution >= 0.6 is 15.9 Å². The van der Waals surface area contributed by atoms with Gasteiger partial charge < -0.3 is 10.1 Å². The molecular formula is C15H9BrF3N3O2. The lowest BCUT2D eigenvalue weighted by atomic mass is 10.1. The molecule has 2 aromatic carbocycles.